The maximum Gasteiger partial charge on any atom is 0.324 e. The Labute approximate surface area is 153 Å². The van der Waals surface area contributed by atoms with E-state index in [1.54, 1.807) is 0 Å². The van der Waals surface area contributed by atoms with Crippen molar-refractivity contribution in [3.63, 3.8) is 0 Å². The van der Waals surface area contributed by atoms with Crippen molar-refractivity contribution in [3.8, 4) is 0 Å². The molecule has 1 unspecified atom stereocenters. The summed E-state index contributed by atoms with van der Waals surface area (Å²) in [6.45, 7) is 3.00. The van der Waals surface area contributed by atoms with Gasteiger partial charge in [0.2, 0.25) is 5.95 Å². The van der Waals surface area contributed by atoms with Crippen LogP contribution in [0.1, 0.15) is 13.8 Å². The van der Waals surface area contributed by atoms with E-state index in [1.165, 1.54) is 10.9 Å². The highest BCUT2D eigenvalue weighted by molar-refractivity contribution is 6.14. The molecule has 2 rings (SSSR count). The average molecular weight is 389 g/mol. The van der Waals surface area contributed by atoms with Gasteiger partial charge < -0.3 is 20.3 Å². The number of aliphatic hydroxyl groups is 1. The van der Waals surface area contributed by atoms with Gasteiger partial charge in [0.1, 0.15) is 25.5 Å². The van der Waals surface area contributed by atoms with Gasteiger partial charge in [-0.15, -0.1) is 0 Å². The van der Waals surface area contributed by atoms with Gasteiger partial charge in [-0.3, -0.25) is 19.1 Å². The first kappa shape index (κ1) is 20.1. The maximum atomic E-state index is 11.9. The summed E-state index contributed by atoms with van der Waals surface area (Å²) in [6.07, 6.45) is 0.581. The molecule has 0 aliphatic carbocycles. The Morgan fingerprint density at radius 1 is 1.54 bits per heavy atom. The number of aliphatic hydroxyl groups excluding tert-OH is 1. The fraction of sp³-hybridized carbons (Fsp3) is 0.571. The van der Waals surface area contributed by atoms with Crippen LogP contribution in [0.3, 0.4) is 0 Å². The lowest BCUT2D eigenvalue weighted by molar-refractivity contribution is -0.153. The van der Waals surface area contributed by atoms with E-state index >= 15 is 0 Å². The molecule has 2 aromatic heterocycles. The van der Waals surface area contributed by atoms with E-state index in [9.17, 15) is 14.7 Å². The summed E-state index contributed by atoms with van der Waals surface area (Å²) >= 11 is 5.53. The molecule has 0 aromatic carbocycles. The van der Waals surface area contributed by atoms with Crippen molar-refractivity contribution >= 4 is 34.9 Å². The third-order valence-electron chi connectivity index (χ3n) is 3.60. The van der Waals surface area contributed by atoms with Gasteiger partial charge in [0.05, 0.1) is 12.9 Å². The SMILES string of the molecule is CC(C)[C@H](NCl)C(=O)OCC(CO)OCn1cnc2c(=O)[nH]c(N)nc21. The molecule has 2 heterocycles. The molecule has 0 radical (unpaired) electrons. The number of nitrogens with two attached hydrogens (primary N) is 1. The number of aromatic nitrogens is 4. The van der Waals surface area contributed by atoms with Crippen LogP contribution in [-0.4, -0.2) is 56.0 Å². The molecule has 0 bridgehead atoms. The first-order valence-electron chi connectivity index (χ1n) is 7.83. The first-order chi connectivity index (χ1) is 12.4. The zero-order valence-corrected chi connectivity index (χ0v) is 15.1. The lowest BCUT2D eigenvalue weighted by atomic mass is 10.1. The Morgan fingerprint density at radius 2 is 2.27 bits per heavy atom. The number of hydrogen-bond acceptors (Lipinski definition) is 9. The molecule has 2 atom stereocenters. The second-order valence-electron chi connectivity index (χ2n) is 5.90. The molecule has 11 nitrogen and oxygen atoms in total. The minimum absolute atomic E-state index is 0.0508. The fourth-order valence-corrected chi connectivity index (χ4v) is 2.45. The smallest absolute Gasteiger partial charge is 0.324 e. The first-order valence-corrected chi connectivity index (χ1v) is 8.21. The Balaban J connectivity index is 1.97. The van der Waals surface area contributed by atoms with E-state index in [1.807, 2.05) is 13.8 Å². The maximum absolute atomic E-state index is 11.9. The summed E-state index contributed by atoms with van der Waals surface area (Å²) in [5.41, 5.74) is 5.41. The van der Waals surface area contributed by atoms with Crippen molar-refractivity contribution in [2.45, 2.75) is 32.7 Å². The zero-order chi connectivity index (χ0) is 19.3. The number of hydrogen-bond donors (Lipinski definition) is 4. The molecule has 26 heavy (non-hydrogen) atoms. The number of fused-ring (bicyclic) bond motifs is 1. The lowest BCUT2D eigenvalue weighted by Crippen LogP contribution is -2.39. The summed E-state index contributed by atoms with van der Waals surface area (Å²) in [4.78, 5) is 36.3. The Kier molecular flexibility index (Phi) is 6.91. The number of nitrogens with one attached hydrogen (secondary N) is 2. The molecular weight excluding hydrogens is 368 g/mol. The highest BCUT2D eigenvalue weighted by atomic mass is 35.5. The van der Waals surface area contributed by atoms with Crippen molar-refractivity contribution in [2.75, 3.05) is 18.9 Å². The summed E-state index contributed by atoms with van der Waals surface area (Å²) in [5.74, 6) is -0.670. The standard InChI is InChI=1S/C14H21ClN6O5/c1-7(2)9(20-15)13(24)25-4-8(3-22)26-6-21-5-17-10-11(21)18-14(16)19-12(10)23/h5,7-9,20,22H,3-4,6H2,1-2H3,(H3,16,18,19,23)/t8?,9-/m0/s1. The molecular formula is C14H21ClN6O5. The molecule has 0 amide bonds. The number of ether oxygens (including phenoxy) is 2. The Hall–Kier alpha value is -2.21. The third-order valence-corrected chi connectivity index (χ3v) is 3.83. The van der Waals surface area contributed by atoms with Gasteiger partial charge in [-0.2, -0.15) is 4.98 Å². The summed E-state index contributed by atoms with van der Waals surface area (Å²) in [6, 6.07) is -0.674. The van der Waals surface area contributed by atoms with Gasteiger partial charge in [0.15, 0.2) is 11.2 Å². The van der Waals surface area contributed by atoms with Crippen LogP contribution in [0.15, 0.2) is 11.1 Å². The largest absolute Gasteiger partial charge is 0.462 e. The number of halogens is 1. The Morgan fingerprint density at radius 3 is 2.88 bits per heavy atom. The second-order valence-corrected chi connectivity index (χ2v) is 6.12. The second kappa shape index (κ2) is 8.94. The van der Waals surface area contributed by atoms with Crippen molar-refractivity contribution in [2.24, 2.45) is 5.92 Å². The molecule has 0 aliphatic heterocycles. The van der Waals surface area contributed by atoms with Gasteiger partial charge in [0.25, 0.3) is 5.56 Å². The van der Waals surface area contributed by atoms with Crippen LogP contribution >= 0.6 is 11.8 Å². The van der Waals surface area contributed by atoms with Crippen LogP contribution < -0.4 is 16.1 Å². The average Bonchev–Trinajstić information content (AvgIpc) is 2.98. The molecule has 0 fully saturated rings. The van der Waals surface area contributed by atoms with Gasteiger partial charge in [0, 0.05) is 0 Å². The topological polar surface area (TPSA) is 157 Å². The minimum atomic E-state index is -0.779. The number of carbonyl (C=O) groups is 1. The number of rotatable bonds is 9. The molecule has 0 saturated carbocycles. The molecule has 5 N–H and O–H groups in total. The highest BCUT2D eigenvalue weighted by Crippen LogP contribution is 2.09. The van der Waals surface area contributed by atoms with Crippen molar-refractivity contribution < 1.29 is 19.4 Å². The van der Waals surface area contributed by atoms with Crippen LogP contribution in [0.25, 0.3) is 11.2 Å². The monoisotopic (exact) mass is 388 g/mol. The van der Waals surface area contributed by atoms with Gasteiger partial charge in [-0.25, -0.2) is 9.82 Å². The molecule has 12 heteroatoms. The van der Waals surface area contributed by atoms with Gasteiger partial charge in [-0.1, -0.05) is 13.8 Å². The molecule has 0 aliphatic rings. The normalized spacial score (nSPS) is 13.9. The van der Waals surface area contributed by atoms with Crippen LogP contribution in [0, 0.1) is 5.92 Å². The molecule has 0 saturated heterocycles. The number of anilines is 1. The summed E-state index contributed by atoms with van der Waals surface area (Å²) < 4.78 is 12.1. The lowest BCUT2D eigenvalue weighted by Gasteiger charge is -2.20. The molecule has 0 spiro atoms. The van der Waals surface area contributed by atoms with Crippen LogP contribution in [0.2, 0.25) is 0 Å². The number of imidazole rings is 1. The number of aromatic amines is 1. The van der Waals surface area contributed by atoms with Gasteiger partial charge >= 0.3 is 5.97 Å². The highest BCUT2D eigenvalue weighted by Gasteiger charge is 2.24. The number of nitrogen functional groups attached to an aromatic ring is 1. The minimum Gasteiger partial charge on any atom is -0.462 e. The Bertz CT molecular complexity index is 807. The van der Waals surface area contributed by atoms with E-state index < -0.39 is 23.7 Å². The van der Waals surface area contributed by atoms with E-state index in [0.717, 1.165) is 0 Å². The quantitative estimate of drug-likeness (QED) is 0.323. The number of H-pyrrole nitrogens is 1. The predicted molar refractivity (Wildman–Crippen MR) is 93.1 cm³/mol. The van der Waals surface area contributed by atoms with Crippen LogP contribution in [0.5, 0.6) is 0 Å². The van der Waals surface area contributed by atoms with Crippen molar-refractivity contribution in [1.82, 2.24) is 24.4 Å². The zero-order valence-electron chi connectivity index (χ0n) is 14.3. The van der Waals surface area contributed by atoms with Gasteiger partial charge in [-0.05, 0) is 17.7 Å². The molecule has 144 valence electrons. The third kappa shape index (κ3) is 4.69. The van der Waals surface area contributed by atoms with E-state index in [2.05, 4.69) is 19.8 Å². The fourth-order valence-electron chi connectivity index (χ4n) is 2.11. The predicted octanol–water partition coefficient (Wildman–Crippen LogP) is -0.652. The van der Waals surface area contributed by atoms with Crippen LogP contribution in [0.4, 0.5) is 5.95 Å². The number of carbonyl (C=O) groups excluding carboxylic acids is 1. The van der Waals surface area contributed by atoms with Crippen molar-refractivity contribution in [3.05, 3.63) is 16.7 Å². The summed E-state index contributed by atoms with van der Waals surface area (Å²) in [5, 5.41) is 9.40. The van der Waals surface area contributed by atoms with Crippen molar-refractivity contribution in [1.29, 1.82) is 0 Å². The van der Waals surface area contributed by atoms with E-state index in [0.29, 0.717) is 0 Å². The number of nitrogens with zero attached hydrogens (tertiary/aromatic N) is 3. The molecule has 2 aromatic rings. The van der Waals surface area contributed by atoms with E-state index in [-0.39, 0.29) is 43.0 Å². The number of esters is 1. The summed E-state index contributed by atoms with van der Waals surface area (Å²) in [7, 11) is 0. The van der Waals surface area contributed by atoms with E-state index in [4.69, 9.17) is 27.0 Å². The van der Waals surface area contributed by atoms with Crippen LogP contribution in [-0.2, 0) is 21.0 Å².